The van der Waals surface area contributed by atoms with Gasteiger partial charge in [-0.2, -0.15) is 0 Å². The van der Waals surface area contributed by atoms with Crippen molar-refractivity contribution >= 4 is 16.9 Å². The van der Waals surface area contributed by atoms with Gasteiger partial charge in [-0.05, 0) is 0 Å². The zero-order valence-electron chi connectivity index (χ0n) is 6.68. The highest BCUT2D eigenvalue weighted by Gasteiger charge is 1.97. The van der Waals surface area contributed by atoms with E-state index in [1.54, 1.807) is 12.0 Å². The molecule has 0 aromatic heterocycles. The van der Waals surface area contributed by atoms with Gasteiger partial charge in [-0.3, -0.25) is 5.41 Å². The Morgan fingerprint density at radius 2 is 2.20 bits per heavy atom. The maximum absolute atomic E-state index is 7.36. The van der Waals surface area contributed by atoms with Crippen molar-refractivity contribution in [3.63, 3.8) is 0 Å². The molecule has 0 aliphatic heterocycles. The Kier molecular flexibility index (Phi) is 5.43. The van der Waals surface area contributed by atoms with Gasteiger partial charge in [-0.15, -0.1) is 0 Å². The Morgan fingerprint density at radius 3 is 2.60 bits per heavy atom. The van der Waals surface area contributed by atoms with Gasteiger partial charge in [0.05, 0.1) is 6.61 Å². The van der Waals surface area contributed by atoms with Gasteiger partial charge in [0.2, 0.25) is 0 Å². The molecule has 3 nitrogen and oxygen atoms in total. The molecule has 0 amide bonds. The van der Waals surface area contributed by atoms with Crippen LogP contribution in [0.15, 0.2) is 0 Å². The van der Waals surface area contributed by atoms with Crippen LogP contribution >= 0.6 is 11.8 Å². The highest BCUT2D eigenvalue weighted by molar-refractivity contribution is 8.13. The summed E-state index contributed by atoms with van der Waals surface area (Å²) in [5.74, 6) is 0.855. The second kappa shape index (κ2) is 5.56. The smallest absolute Gasteiger partial charge is 0.155 e. The van der Waals surface area contributed by atoms with Gasteiger partial charge < -0.3 is 9.64 Å². The standard InChI is InChI=1S/C6H14N2OS/c1-8(2)6(7)10-5-4-9-3/h7H,4-5H2,1-3H3. The van der Waals surface area contributed by atoms with Crippen LogP contribution in [-0.4, -0.2) is 43.6 Å². The van der Waals surface area contributed by atoms with Gasteiger partial charge in [0.25, 0.3) is 0 Å². The third kappa shape index (κ3) is 4.64. The van der Waals surface area contributed by atoms with Crippen molar-refractivity contribution in [3.8, 4) is 0 Å². The quantitative estimate of drug-likeness (QED) is 0.380. The first-order chi connectivity index (χ1) is 4.68. The Hall–Kier alpha value is -0.220. The molecule has 0 atom stereocenters. The van der Waals surface area contributed by atoms with Gasteiger partial charge in [0.15, 0.2) is 5.17 Å². The van der Waals surface area contributed by atoms with Crippen molar-refractivity contribution < 1.29 is 4.74 Å². The number of nitrogens with one attached hydrogen (secondary N) is 1. The van der Waals surface area contributed by atoms with Gasteiger partial charge >= 0.3 is 0 Å². The van der Waals surface area contributed by atoms with Gasteiger partial charge in [0.1, 0.15) is 0 Å². The highest BCUT2D eigenvalue weighted by Crippen LogP contribution is 2.02. The second-order valence-corrected chi connectivity index (χ2v) is 3.12. The molecule has 0 aromatic rings. The van der Waals surface area contributed by atoms with Crippen LogP contribution in [0.2, 0.25) is 0 Å². The van der Waals surface area contributed by atoms with Crippen molar-refractivity contribution in [2.75, 3.05) is 33.6 Å². The predicted molar refractivity (Wildman–Crippen MR) is 45.7 cm³/mol. The number of hydrogen-bond donors (Lipinski definition) is 1. The monoisotopic (exact) mass is 162 g/mol. The topological polar surface area (TPSA) is 36.3 Å². The summed E-state index contributed by atoms with van der Waals surface area (Å²) < 4.78 is 4.84. The molecule has 60 valence electrons. The number of nitrogens with zero attached hydrogens (tertiary/aromatic N) is 1. The molecule has 1 N–H and O–H groups in total. The summed E-state index contributed by atoms with van der Waals surface area (Å²) in [5.41, 5.74) is 0. The minimum atomic E-state index is 0.581. The van der Waals surface area contributed by atoms with Gasteiger partial charge in [-0.1, -0.05) is 11.8 Å². The van der Waals surface area contributed by atoms with Crippen molar-refractivity contribution in [1.82, 2.24) is 4.90 Å². The number of thioether (sulfide) groups is 1. The SMILES string of the molecule is COCCSC(=N)N(C)C. The average molecular weight is 162 g/mol. The minimum Gasteiger partial charge on any atom is -0.384 e. The Bertz CT molecular complexity index is 106. The molecule has 0 heterocycles. The minimum absolute atomic E-state index is 0.581. The lowest BCUT2D eigenvalue weighted by molar-refractivity contribution is 0.219. The molecule has 0 rings (SSSR count). The zero-order valence-corrected chi connectivity index (χ0v) is 7.49. The summed E-state index contributed by atoms with van der Waals surface area (Å²) >= 11 is 1.49. The van der Waals surface area contributed by atoms with Crippen LogP contribution in [0.3, 0.4) is 0 Å². The summed E-state index contributed by atoms with van der Waals surface area (Å²) in [5, 5.41) is 7.94. The van der Waals surface area contributed by atoms with E-state index in [1.807, 2.05) is 14.1 Å². The van der Waals surface area contributed by atoms with E-state index in [-0.39, 0.29) is 0 Å². The summed E-state index contributed by atoms with van der Waals surface area (Å²) in [7, 11) is 5.39. The van der Waals surface area contributed by atoms with Crippen LogP contribution in [0.1, 0.15) is 0 Å². The van der Waals surface area contributed by atoms with Crippen molar-refractivity contribution in [2.45, 2.75) is 0 Å². The molecular formula is C6H14N2OS. The van der Waals surface area contributed by atoms with E-state index in [0.29, 0.717) is 11.8 Å². The molecule has 0 aliphatic carbocycles. The lowest BCUT2D eigenvalue weighted by atomic mass is 10.9. The fourth-order valence-corrected chi connectivity index (χ4v) is 1.05. The first kappa shape index (κ1) is 9.78. The Morgan fingerprint density at radius 1 is 1.60 bits per heavy atom. The first-order valence-corrected chi connectivity index (χ1v) is 4.04. The molecule has 0 fully saturated rings. The predicted octanol–water partition coefficient (Wildman–Crippen LogP) is 0.862. The van der Waals surface area contributed by atoms with Crippen LogP contribution in [0, 0.1) is 5.41 Å². The molecule has 0 saturated heterocycles. The van der Waals surface area contributed by atoms with Crippen molar-refractivity contribution in [1.29, 1.82) is 5.41 Å². The largest absolute Gasteiger partial charge is 0.384 e. The van der Waals surface area contributed by atoms with Crippen LogP contribution in [0.25, 0.3) is 0 Å². The van der Waals surface area contributed by atoms with Crippen LogP contribution < -0.4 is 0 Å². The van der Waals surface area contributed by atoms with Crippen LogP contribution in [0.4, 0.5) is 0 Å². The van der Waals surface area contributed by atoms with Crippen LogP contribution in [0.5, 0.6) is 0 Å². The highest BCUT2D eigenvalue weighted by atomic mass is 32.2. The molecule has 0 aliphatic rings. The molecule has 10 heavy (non-hydrogen) atoms. The fourth-order valence-electron chi connectivity index (χ4n) is 0.351. The fraction of sp³-hybridized carbons (Fsp3) is 0.833. The summed E-state index contributed by atoms with van der Waals surface area (Å²) in [4.78, 5) is 1.78. The maximum atomic E-state index is 7.36. The van der Waals surface area contributed by atoms with Crippen molar-refractivity contribution in [3.05, 3.63) is 0 Å². The molecule has 0 spiro atoms. The molecule has 0 unspecified atom stereocenters. The van der Waals surface area contributed by atoms with E-state index >= 15 is 0 Å². The van der Waals surface area contributed by atoms with Gasteiger partial charge in [0, 0.05) is 27.0 Å². The molecular weight excluding hydrogens is 148 g/mol. The number of methoxy groups -OCH3 is 1. The van der Waals surface area contributed by atoms with Crippen molar-refractivity contribution in [2.24, 2.45) is 0 Å². The van der Waals surface area contributed by atoms with E-state index in [1.165, 1.54) is 11.8 Å². The Labute approximate surface area is 66.2 Å². The molecule has 0 bridgehead atoms. The van der Waals surface area contributed by atoms with E-state index in [2.05, 4.69) is 0 Å². The molecule has 0 saturated carbocycles. The second-order valence-electron chi connectivity index (χ2n) is 2.04. The third-order valence-corrected chi connectivity index (χ3v) is 1.94. The lowest BCUT2D eigenvalue weighted by Gasteiger charge is -2.11. The summed E-state index contributed by atoms with van der Waals surface area (Å²) in [6.07, 6.45) is 0. The Balaban J connectivity index is 3.22. The van der Waals surface area contributed by atoms with E-state index < -0.39 is 0 Å². The summed E-state index contributed by atoms with van der Waals surface area (Å²) in [6, 6.07) is 0. The molecule has 0 aromatic carbocycles. The molecule has 4 heteroatoms. The number of hydrogen-bond acceptors (Lipinski definition) is 3. The lowest BCUT2D eigenvalue weighted by Crippen LogP contribution is -2.18. The number of ether oxygens (including phenoxy) is 1. The molecule has 0 radical (unpaired) electrons. The summed E-state index contributed by atoms with van der Waals surface area (Å²) in [6.45, 7) is 0.709. The number of amidine groups is 1. The number of rotatable bonds is 3. The maximum Gasteiger partial charge on any atom is 0.155 e. The van der Waals surface area contributed by atoms with Gasteiger partial charge in [-0.25, -0.2) is 0 Å². The van der Waals surface area contributed by atoms with Crippen LogP contribution in [-0.2, 0) is 4.74 Å². The van der Waals surface area contributed by atoms with E-state index in [9.17, 15) is 0 Å². The average Bonchev–Trinajstić information content (AvgIpc) is 1.88. The zero-order chi connectivity index (χ0) is 7.98. The normalized spacial score (nSPS) is 9.50. The van der Waals surface area contributed by atoms with E-state index in [4.69, 9.17) is 10.1 Å². The van der Waals surface area contributed by atoms with E-state index in [0.717, 1.165) is 5.75 Å². The first-order valence-electron chi connectivity index (χ1n) is 3.06. The third-order valence-electron chi connectivity index (χ3n) is 0.932.